The van der Waals surface area contributed by atoms with Gasteiger partial charge in [-0.3, -0.25) is 14.9 Å². The summed E-state index contributed by atoms with van der Waals surface area (Å²) in [5.74, 6) is 0.647. The Bertz CT molecular complexity index is 885. The lowest BCUT2D eigenvalue weighted by molar-refractivity contribution is -0.383. The second-order valence-electron chi connectivity index (χ2n) is 4.76. The van der Waals surface area contributed by atoms with E-state index in [4.69, 9.17) is 4.42 Å². The van der Waals surface area contributed by atoms with Gasteiger partial charge in [0.05, 0.1) is 34.5 Å². The number of aromatic amines is 1. The fourth-order valence-electron chi connectivity index (χ4n) is 2.21. The van der Waals surface area contributed by atoms with Gasteiger partial charge in [0.15, 0.2) is 0 Å². The van der Waals surface area contributed by atoms with E-state index >= 15 is 0 Å². The highest BCUT2D eigenvalue weighted by atomic mass is 16.6. The number of rotatable bonds is 4. The standard InChI is InChI=1S/C14H12N4O4/c1-8(13-3-2-4-22-13)17-11-6-10-9(5-12(11)18(20)21)14(19)16-7-15-10/h2-8,17H,1H3,(H,15,16,19). The van der Waals surface area contributed by atoms with Crippen LogP contribution in [0.1, 0.15) is 18.7 Å². The van der Waals surface area contributed by atoms with Crippen LogP contribution in [0.2, 0.25) is 0 Å². The van der Waals surface area contributed by atoms with Crippen molar-refractivity contribution in [1.82, 2.24) is 9.97 Å². The first-order chi connectivity index (χ1) is 10.6. The van der Waals surface area contributed by atoms with Crippen molar-refractivity contribution in [3.05, 3.63) is 63.1 Å². The third kappa shape index (κ3) is 2.41. The smallest absolute Gasteiger partial charge is 0.293 e. The van der Waals surface area contributed by atoms with E-state index in [1.807, 2.05) is 6.92 Å². The van der Waals surface area contributed by atoms with Crippen LogP contribution >= 0.6 is 0 Å². The van der Waals surface area contributed by atoms with Crippen molar-refractivity contribution in [2.75, 3.05) is 5.32 Å². The number of hydrogen-bond donors (Lipinski definition) is 2. The molecule has 2 aromatic heterocycles. The van der Waals surface area contributed by atoms with Crippen LogP contribution in [-0.2, 0) is 0 Å². The molecule has 2 N–H and O–H groups in total. The fourth-order valence-corrected chi connectivity index (χ4v) is 2.21. The number of aromatic nitrogens is 2. The lowest BCUT2D eigenvalue weighted by Gasteiger charge is -2.13. The summed E-state index contributed by atoms with van der Waals surface area (Å²) in [6, 6.07) is 5.95. The SMILES string of the molecule is CC(Nc1cc2nc[nH]c(=O)c2cc1[N+](=O)[O-])c1ccco1. The Morgan fingerprint density at radius 3 is 2.95 bits per heavy atom. The molecule has 0 amide bonds. The fraction of sp³-hybridized carbons (Fsp3) is 0.143. The summed E-state index contributed by atoms with van der Waals surface area (Å²) in [6.07, 6.45) is 2.79. The number of hydrogen-bond acceptors (Lipinski definition) is 6. The van der Waals surface area contributed by atoms with Gasteiger partial charge in [0.2, 0.25) is 0 Å². The number of nitro groups is 1. The Balaban J connectivity index is 2.09. The molecule has 22 heavy (non-hydrogen) atoms. The Morgan fingerprint density at radius 2 is 2.27 bits per heavy atom. The number of nitro benzene ring substituents is 1. The maximum atomic E-state index is 11.7. The molecule has 0 aliphatic rings. The van der Waals surface area contributed by atoms with Crippen molar-refractivity contribution < 1.29 is 9.34 Å². The zero-order chi connectivity index (χ0) is 15.7. The van der Waals surface area contributed by atoms with Gasteiger partial charge in [-0.05, 0) is 25.1 Å². The molecule has 1 atom stereocenters. The lowest BCUT2D eigenvalue weighted by atomic mass is 10.1. The molecule has 0 bridgehead atoms. The van der Waals surface area contributed by atoms with Crippen molar-refractivity contribution in [3.63, 3.8) is 0 Å². The van der Waals surface area contributed by atoms with E-state index in [1.54, 1.807) is 12.1 Å². The number of benzene rings is 1. The summed E-state index contributed by atoms with van der Waals surface area (Å²) in [5, 5.41) is 14.4. The average Bonchev–Trinajstić information content (AvgIpc) is 3.01. The molecule has 3 aromatic rings. The minimum Gasteiger partial charge on any atom is -0.467 e. The maximum absolute atomic E-state index is 11.7. The number of furan rings is 1. The molecule has 0 fully saturated rings. The van der Waals surface area contributed by atoms with Gasteiger partial charge < -0.3 is 14.7 Å². The van der Waals surface area contributed by atoms with Crippen molar-refractivity contribution in [2.24, 2.45) is 0 Å². The second kappa shape index (κ2) is 5.32. The number of nitrogens with one attached hydrogen (secondary N) is 2. The van der Waals surface area contributed by atoms with Gasteiger partial charge in [-0.1, -0.05) is 0 Å². The van der Waals surface area contributed by atoms with E-state index in [0.717, 1.165) is 0 Å². The molecule has 1 aromatic carbocycles. The van der Waals surface area contributed by atoms with Gasteiger partial charge >= 0.3 is 0 Å². The monoisotopic (exact) mass is 300 g/mol. The third-order valence-electron chi connectivity index (χ3n) is 3.30. The molecule has 8 heteroatoms. The molecule has 0 radical (unpaired) electrons. The lowest BCUT2D eigenvalue weighted by Crippen LogP contribution is -2.10. The van der Waals surface area contributed by atoms with Crippen molar-refractivity contribution in [2.45, 2.75) is 13.0 Å². The Hall–Kier alpha value is -3.16. The van der Waals surface area contributed by atoms with Gasteiger partial charge in [-0.2, -0.15) is 0 Å². The first kappa shape index (κ1) is 13.8. The largest absolute Gasteiger partial charge is 0.467 e. The quantitative estimate of drug-likeness (QED) is 0.565. The van der Waals surface area contributed by atoms with Crippen molar-refractivity contribution in [3.8, 4) is 0 Å². The zero-order valence-electron chi connectivity index (χ0n) is 11.6. The second-order valence-corrected chi connectivity index (χ2v) is 4.76. The Labute approximate surface area is 123 Å². The van der Waals surface area contributed by atoms with Gasteiger partial charge in [0.25, 0.3) is 11.2 Å². The highest BCUT2D eigenvalue weighted by molar-refractivity contribution is 5.86. The molecule has 0 aliphatic carbocycles. The van der Waals surface area contributed by atoms with Crippen LogP contribution < -0.4 is 10.9 Å². The van der Waals surface area contributed by atoms with Crippen LogP contribution in [0.4, 0.5) is 11.4 Å². The molecule has 0 saturated heterocycles. The summed E-state index contributed by atoms with van der Waals surface area (Å²) >= 11 is 0. The van der Waals surface area contributed by atoms with Crippen molar-refractivity contribution >= 4 is 22.3 Å². The van der Waals surface area contributed by atoms with Crippen LogP contribution in [0.15, 0.2) is 46.1 Å². The Morgan fingerprint density at radius 1 is 1.45 bits per heavy atom. The Kier molecular flexibility index (Phi) is 3.34. The van der Waals surface area contributed by atoms with E-state index in [2.05, 4.69) is 15.3 Å². The summed E-state index contributed by atoms with van der Waals surface area (Å²) in [5.41, 5.74) is 0.0473. The van der Waals surface area contributed by atoms with Gasteiger partial charge in [-0.25, -0.2) is 4.98 Å². The maximum Gasteiger partial charge on any atom is 0.293 e. The molecule has 0 saturated carbocycles. The summed E-state index contributed by atoms with van der Waals surface area (Å²) < 4.78 is 5.27. The van der Waals surface area contributed by atoms with E-state index in [0.29, 0.717) is 11.3 Å². The van der Waals surface area contributed by atoms with Gasteiger partial charge in [0, 0.05) is 6.07 Å². The molecular formula is C14H12N4O4. The summed E-state index contributed by atoms with van der Waals surface area (Å²) in [6.45, 7) is 1.82. The predicted octanol–water partition coefficient (Wildman–Crippen LogP) is 2.60. The third-order valence-corrected chi connectivity index (χ3v) is 3.30. The number of H-pyrrole nitrogens is 1. The van der Waals surface area contributed by atoms with Crippen LogP contribution in [0.3, 0.4) is 0 Å². The van der Waals surface area contributed by atoms with Crippen LogP contribution in [0.25, 0.3) is 10.9 Å². The van der Waals surface area contributed by atoms with Crippen LogP contribution in [0, 0.1) is 10.1 Å². The predicted molar refractivity (Wildman–Crippen MR) is 79.8 cm³/mol. The van der Waals surface area contributed by atoms with Crippen LogP contribution in [-0.4, -0.2) is 14.9 Å². The van der Waals surface area contributed by atoms with E-state index in [-0.39, 0.29) is 22.8 Å². The zero-order valence-corrected chi connectivity index (χ0v) is 11.6. The van der Waals surface area contributed by atoms with Gasteiger partial charge in [-0.15, -0.1) is 0 Å². The average molecular weight is 300 g/mol. The molecule has 2 heterocycles. The van der Waals surface area contributed by atoms with E-state index < -0.39 is 10.5 Å². The van der Waals surface area contributed by atoms with Gasteiger partial charge in [0.1, 0.15) is 11.4 Å². The molecule has 8 nitrogen and oxygen atoms in total. The summed E-state index contributed by atoms with van der Waals surface area (Å²) in [7, 11) is 0. The molecule has 3 rings (SSSR count). The summed E-state index contributed by atoms with van der Waals surface area (Å²) in [4.78, 5) is 28.9. The molecule has 1 unspecified atom stereocenters. The minimum atomic E-state index is -0.539. The molecule has 0 aliphatic heterocycles. The molecular weight excluding hydrogens is 288 g/mol. The normalized spacial score (nSPS) is 12.2. The van der Waals surface area contributed by atoms with E-state index in [1.165, 1.54) is 24.7 Å². The first-order valence-electron chi connectivity index (χ1n) is 6.52. The minimum absolute atomic E-state index is 0.172. The highest BCUT2D eigenvalue weighted by Crippen LogP contribution is 2.31. The topological polar surface area (TPSA) is 114 Å². The molecule has 112 valence electrons. The molecule has 0 spiro atoms. The van der Waals surface area contributed by atoms with Crippen LogP contribution in [0.5, 0.6) is 0 Å². The van der Waals surface area contributed by atoms with Crippen molar-refractivity contribution in [1.29, 1.82) is 0 Å². The first-order valence-corrected chi connectivity index (χ1v) is 6.52. The van der Waals surface area contributed by atoms with E-state index in [9.17, 15) is 14.9 Å². The number of fused-ring (bicyclic) bond motifs is 1. The number of nitrogens with zero attached hydrogens (tertiary/aromatic N) is 2. The highest BCUT2D eigenvalue weighted by Gasteiger charge is 2.19. The number of anilines is 1.